The van der Waals surface area contributed by atoms with Crippen LogP contribution in [-0.2, 0) is 11.3 Å². The average molecular weight is 288 g/mol. The molecule has 0 saturated carbocycles. The summed E-state index contributed by atoms with van der Waals surface area (Å²) in [5.41, 5.74) is 2.37. The molecule has 0 unspecified atom stereocenters. The standard InChI is InChI=1S/C18H28N2O/c1-4-18(10-12-19-13-11-18)17(21)20(5-2)14-16-9-7-6-8-15(16)3/h6-9,19H,4-5,10-14H2,1-3H3. The summed E-state index contributed by atoms with van der Waals surface area (Å²) in [6.45, 7) is 9.79. The lowest BCUT2D eigenvalue weighted by molar-refractivity contribution is -0.144. The van der Waals surface area contributed by atoms with Gasteiger partial charge in [-0.15, -0.1) is 0 Å². The second-order valence-electron chi connectivity index (χ2n) is 6.13. The summed E-state index contributed by atoms with van der Waals surface area (Å²) in [4.78, 5) is 15.1. The normalized spacial score (nSPS) is 17.5. The van der Waals surface area contributed by atoms with Crippen molar-refractivity contribution in [3.05, 3.63) is 35.4 Å². The molecule has 1 fully saturated rings. The summed E-state index contributed by atoms with van der Waals surface area (Å²) in [6, 6.07) is 8.36. The Bertz CT molecular complexity index is 478. The minimum absolute atomic E-state index is 0.149. The molecular formula is C18H28N2O. The minimum Gasteiger partial charge on any atom is -0.338 e. The van der Waals surface area contributed by atoms with Crippen molar-refractivity contribution in [3.8, 4) is 0 Å². The topological polar surface area (TPSA) is 32.3 Å². The molecule has 2 rings (SSSR count). The minimum atomic E-state index is -0.149. The molecular weight excluding hydrogens is 260 g/mol. The van der Waals surface area contributed by atoms with Gasteiger partial charge in [0, 0.05) is 13.1 Å². The number of hydrogen-bond donors (Lipinski definition) is 1. The molecule has 1 N–H and O–H groups in total. The highest BCUT2D eigenvalue weighted by Gasteiger charge is 2.40. The van der Waals surface area contributed by atoms with Crippen molar-refractivity contribution in [1.82, 2.24) is 10.2 Å². The Labute approximate surface area is 128 Å². The molecule has 0 bridgehead atoms. The fourth-order valence-electron chi connectivity index (χ4n) is 3.28. The van der Waals surface area contributed by atoms with E-state index in [0.717, 1.165) is 45.4 Å². The number of nitrogens with zero attached hydrogens (tertiary/aromatic N) is 1. The predicted octanol–water partition coefficient (Wildman–Crippen LogP) is 3.12. The van der Waals surface area contributed by atoms with Gasteiger partial charge in [0.2, 0.25) is 5.91 Å². The first-order valence-electron chi connectivity index (χ1n) is 8.17. The van der Waals surface area contributed by atoms with Gasteiger partial charge in [0.25, 0.3) is 0 Å². The average Bonchev–Trinajstić information content (AvgIpc) is 2.54. The molecule has 0 radical (unpaired) electrons. The number of piperidine rings is 1. The first-order chi connectivity index (χ1) is 10.1. The quantitative estimate of drug-likeness (QED) is 0.903. The Morgan fingerprint density at radius 3 is 2.48 bits per heavy atom. The number of benzene rings is 1. The predicted molar refractivity (Wildman–Crippen MR) is 87.1 cm³/mol. The van der Waals surface area contributed by atoms with Gasteiger partial charge in [0.05, 0.1) is 5.41 Å². The van der Waals surface area contributed by atoms with Crippen LogP contribution < -0.4 is 5.32 Å². The number of aryl methyl sites for hydroxylation is 1. The van der Waals surface area contributed by atoms with Crippen molar-refractivity contribution in [2.75, 3.05) is 19.6 Å². The van der Waals surface area contributed by atoms with Crippen LogP contribution in [0.25, 0.3) is 0 Å². The summed E-state index contributed by atoms with van der Waals surface area (Å²) in [7, 11) is 0. The van der Waals surface area contributed by atoms with Crippen LogP contribution in [0.5, 0.6) is 0 Å². The molecule has 1 aliphatic rings. The van der Waals surface area contributed by atoms with Crippen molar-refractivity contribution >= 4 is 5.91 Å². The Balaban J connectivity index is 2.16. The van der Waals surface area contributed by atoms with Gasteiger partial charge in [-0.2, -0.15) is 0 Å². The SMILES string of the molecule is CCN(Cc1ccccc1C)C(=O)C1(CC)CCNCC1. The molecule has 1 aromatic carbocycles. The van der Waals surface area contributed by atoms with Gasteiger partial charge in [-0.3, -0.25) is 4.79 Å². The van der Waals surface area contributed by atoms with E-state index in [4.69, 9.17) is 0 Å². The van der Waals surface area contributed by atoms with Crippen molar-refractivity contribution in [2.45, 2.75) is 46.6 Å². The van der Waals surface area contributed by atoms with Gasteiger partial charge in [0.15, 0.2) is 0 Å². The first kappa shape index (κ1) is 16.0. The Morgan fingerprint density at radius 1 is 1.24 bits per heavy atom. The molecule has 3 heteroatoms. The Hall–Kier alpha value is -1.35. The maximum Gasteiger partial charge on any atom is 0.229 e. The van der Waals surface area contributed by atoms with Crippen LogP contribution in [0.3, 0.4) is 0 Å². The lowest BCUT2D eigenvalue weighted by atomic mass is 9.75. The number of rotatable bonds is 5. The third kappa shape index (κ3) is 3.46. The van der Waals surface area contributed by atoms with Crippen LogP contribution in [0.4, 0.5) is 0 Å². The van der Waals surface area contributed by atoms with E-state index in [1.54, 1.807) is 0 Å². The third-order valence-corrected chi connectivity index (χ3v) is 4.98. The summed E-state index contributed by atoms with van der Waals surface area (Å²) < 4.78 is 0. The molecule has 1 aliphatic heterocycles. The van der Waals surface area contributed by atoms with Crippen LogP contribution >= 0.6 is 0 Å². The fraction of sp³-hybridized carbons (Fsp3) is 0.611. The second-order valence-corrected chi connectivity index (χ2v) is 6.13. The van der Waals surface area contributed by atoms with E-state index in [9.17, 15) is 4.79 Å². The fourth-order valence-corrected chi connectivity index (χ4v) is 3.28. The molecule has 1 saturated heterocycles. The molecule has 0 atom stereocenters. The number of carbonyl (C=O) groups is 1. The third-order valence-electron chi connectivity index (χ3n) is 4.98. The van der Waals surface area contributed by atoms with Gasteiger partial charge in [-0.25, -0.2) is 0 Å². The van der Waals surface area contributed by atoms with Gasteiger partial charge < -0.3 is 10.2 Å². The molecule has 1 amide bonds. The van der Waals surface area contributed by atoms with Crippen molar-refractivity contribution in [3.63, 3.8) is 0 Å². The molecule has 1 aromatic rings. The molecule has 116 valence electrons. The monoisotopic (exact) mass is 288 g/mol. The second kappa shape index (κ2) is 7.08. The lowest BCUT2D eigenvalue weighted by Gasteiger charge is -2.39. The van der Waals surface area contributed by atoms with Gasteiger partial charge >= 0.3 is 0 Å². The Morgan fingerprint density at radius 2 is 1.90 bits per heavy atom. The highest BCUT2D eigenvalue weighted by molar-refractivity contribution is 5.83. The number of nitrogens with one attached hydrogen (secondary N) is 1. The summed E-state index contributed by atoms with van der Waals surface area (Å²) in [5.74, 6) is 0.345. The van der Waals surface area contributed by atoms with Crippen molar-refractivity contribution < 1.29 is 4.79 Å². The first-order valence-corrected chi connectivity index (χ1v) is 8.17. The molecule has 3 nitrogen and oxygen atoms in total. The van der Waals surface area contributed by atoms with Crippen LogP contribution in [0, 0.1) is 12.3 Å². The molecule has 0 spiro atoms. The van der Waals surface area contributed by atoms with Gasteiger partial charge in [-0.1, -0.05) is 31.2 Å². The summed E-state index contributed by atoms with van der Waals surface area (Å²) in [6.07, 6.45) is 2.87. The van der Waals surface area contributed by atoms with Crippen LogP contribution in [0.1, 0.15) is 44.2 Å². The molecule has 21 heavy (non-hydrogen) atoms. The van der Waals surface area contributed by atoms with E-state index < -0.39 is 0 Å². The van der Waals surface area contributed by atoms with Crippen molar-refractivity contribution in [2.24, 2.45) is 5.41 Å². The molecule has 1 heterocycles. The maximum atomic E-state index is 13.1. The highest BCUT2D eigenvalue weighted by atomic mass is 16.2. The Kier molecular flexibility index (Phi) is 5.40. The number of carbonyl (C=O) groups excluding carboxylic acids is 1. The summed E-state index contributed by atoms with van der Waals surface area (Å²) >= 11 is 0. The van der Waals surface area contributed by atoms with E-state index in [1.165, 1.54) is 11.1 Å². The molecule has 0 aromatic heterocycles. The van der Waals surface area contributed by atoms with Crippen LogP contribution in [0.15, 0.2) is 24.3 Å². The maximum absolute atomic E-state index is 13.1. The molecule has 0 aliphatic carbocycles. The van der Waals surface area contributed by atoms with E-state index in [2.05, 4.69) is 50.4 Å². The van der Waals surface area contributed by atoms with E-state index in [1.807, 2.05) is 4.90 Å². The van der Waals surface area contributed by atoms with Gasteiger partial charge in [0.1, 0.15) is 0 Å². The summed E-state index contributed by atoms with van der Waals surface area (Å²) in [5, 5.41) is 3.37. The van der Waals surface area contributed by atoms with Gasteiger partial charge in [-0.05, 0) is 57.3 Å². The zero-order chi connectivity index (χ0) is 15.3. The zero-order valence-electron chi connectivity index (χ0n) is 13.6. The largest absolute Gasteiger partial charge is 0.338 e. The van der Waals surface area contributed by atoms with E-state index in [-0.39, 0.29) is 5.41 Å². The van der Waals surface area contributed by atoms with E-state index >= 15 is 0 Å². The van der Waals surface area contributed by atoms with E-state index in [0.29, 0.717) is 5.91 Å². The zero-order valence-corrected chi connectivity index (χ0v) is 13.6. The smallest absolute Gasteiger partial charge is 0.229 e. The number of hydrogen-bond acceptors (Lipinski definition) is 2. The van der Waals surface area contributed by atoms with Crippen LogP contribution in [0.2, 0.25) is 0 Å². The lowest BCUT2D eigenvalue weighted by Crippen LogP contribution is -2.48. The van der Waals surface area contributed by atoms with Crippen LogP contribution in [-0.4, -0.2) is 30.4 Å². The van der Waals surface area contributed by atoms with Crippen molar-refractivity contribution in [1.29, 1.82) is 0 Å². The number of amides is 1. The highest BCUT2D eigenvalue weighted by Crippen LogP contribution is 2.35.